The number of aryl methyl sites for hydroxylation is 2. The maximum atomic E-state index is 4.09. The summed E-state index contributed by atoms with van der Waals surface area (Å²) >= 11 is 1.76. The molecule has 0 N–H and O–H groups in total. The van der Waals surface area contributed by atoms with E-state index in [0.29, 0.717) is 0 Å². The Morgan fingerprint density at radius 1 is 1.15 bits per heavy atom. The number of rotatable bonds is 3. The molecule has 0 atom stereocenters. The van der Waals surface area contributed by atoms with Gasteiger partial charge in [-0.15, -0.1) is 0 Å². The highest BCUT2D eigenvalue weighted by Crippen LogP contribution is 2.09. The number of thiophene rings is 1. The zero-order valence-electron chi connectivity index (χ0n) is 7.31. The summed E-state index contributed by atoms with van der Waals surface area (Å²) in [6.07, 6.45) is 5.96. The van der Waals surface area contributed by atoms with Crippen molar-refractivity contribution in [3.05, 3.63) is 52.5 Å². The Balaban J connectivity index is 1.94. The molecule has 0 fully saturated rings. The normalized spacial score (nSPS) is 10.2. The monoisotopic (exact) mass is 189 g/mol. The first-order valence-corrected chi connectivity index (χ1v) is 5.29. The fraction of sp³-hybridized carbons (Fsp3) is 0.182. The van der Waals surface area contributed by atoms with E-state index in [-0.39, 0.29) is 0 Å². The number of nitrogens with zero attached hydrogens (tertiary/aromatic N) is 1. The lowest BCUT2D eigenvalue weighted by Crippen LogP contribution is -1.89. The molecule has 0 aliphatic carbocycles. The van der Waals surface area contributed by atoms with Crippen molar-refractivity contribution in [3.8, 4) is 0 Å². The summed E-state index contributed by atoms with van der Waals surface area (Å²) in [5.41, 5.74) is 2.74. The van der Waals surface area contributed by atoms with Gasteiger partial charge in [0.1, 0.15) is 0 Å². The molecular formula is C11H11NS. The zero-order valence-corrected chi connectivity index (χ0v) is 8.13. The van der Waals surface area contributed by atoms with Gasteiger partial charge < -0.3 is 0 Å². The van der Waals surface area contributed by atoms with Gasteiger partial charge in [-0.25, -0.2) is 0 Å². The largest absolute Gasteiger partial charge is 0.264 e. The number of hydrogen-bond acceptors (Lipinski definition) is 2. The van der Waals surface area contributed by atoms with Gasteiger partial charge in [0.05, 0.1) is 0 Å². The van der Waals surface area contributed by atoms with Gasteiger partial charge in [-0.3, -0.25) is 4.98 Å². The Morgan fingerprint density at radius 3 is 2.77 bits per heavy atom. The van der Waals surface area contributed by atoms with Crippen LogP contribution in [-0.4, -0.2) is 4.98 Å². The number of hydrogen-bond donors (Lipinski definition) is 0. The second kappa shape index (κ2) is 4.19. The highest BCUT2D eigenvalue weighted by atomic mass is 32.1. The first-order chi connectivity index (χ1) is 6.45. The molecule has 0 amide bonds. The lowest BCUT2D eigenvalue weighted by molar-refractivity contribution is 0.955. The van der Waals surface area contributed by atoms with E-state index in [1.807, 2.05) is 18.5 Å². The van der Waals surface area contributed by atoms with Crippen LogP contribution in [0, 0.1) is 0 Å². The van der Waals surface area contributed by atoms with Gasteiger partial charge in [0.2, 0.25) is 0 Å². The van der Waals surface area contributed by atoms with Crippen LogP contribution in [0.4, 0.5) is 0 Å². The van der Waals surface area contributed by atoms with Gasteiger partial charge in [0, 0.05) is 12.4 Å². The molecule has 2 heteroatoms. The molecule has 0 unspecified atom stereocenters. The summed E-state index contributed by atoms with van der Waals surface area (Å²) in [6, 6.07) is 6.29. The minimum absolute atomic E-state index is 1.09. The SMILES string of the molecule is c1cncc(CCc2ccsc2)c1. The lowest BCUT2D eigenvalue weighted by atomic mass is 10.1. The third kappa shape index (κ3) is 2.39. The molecule has 0 spiro atoms. The standard InChI is InChI=1S/C11H11NS/c1-2-10(8-12-6-1)3-4-11-5-7-13-9-11/h1-2,5-9H,3-4H2. The summed E-state index contributed by atoms with van der Waals surface area (Å²) in [6.45, 7) is 0. The fourth-order valence-corrected chi connectivity index (χ4v) is 1.97. The molecule has 0 bridgehead atoms. The third-order valence-corrected chi connectivity index (χ3v) is 2.74. The maximum Gasteiger partial charge on any atom is 0.0299 e. The molecule has 2 heterocycles. The van der Waals surface area contributed by atoms with E-state index in [4.69, 9.17) is 0 Å². The molecule has 0 aromatic carbocycles. The van der Waals surface area contributed by atoms with Crippen LogP contribution in [0.15, 0.2) is 41.4 Å². The molecule has 2 rings (SSSR count). The predicted octanol–water partition coefficient (Wildman–Crippen LogP) is 2.93. The Bertz CT molecular complexity index is 340. The quantitative estimate of drug-likeness (QED) is 0.723. The van der Waals surface area contributed by atoms with Crippen molar-refractivity contribution in [1.82, 2.24) is 4.98 Å². The van der Waals surface area contributed by atoms with Crippen LogP contribution >= 0.6 is 11.3 Å². The van der Waals surface area contributed by atoms with E-state index in [1.54, 1.807) is 11.3 Å². The van der Waals surface area contributed by atoms with Gasteiger partial charge in [0.25, 0.3) is 0 Å². The van der Waals surface area contributed by atoms with Crippen molar-refractivity contribution in [2.24, 2.45) is 0 Å². The molecular weight excluding hydrogens is 178 g/mol. The highest BCUT2D eigenvalue weighted by molar-refractivity contribution is 7.07. The van der Waals surface area contributed by atoms with E-state index >= 15 is 0 Å². The Hall–Kier alpha value is -1.15. The van der Waals surface area contributed by atoms with Crippen LogP contribution in [0.5, 0.6) is 0 Å². The van der Waals surface area contributed by atoms with E-state index < -0.39 is 0 Å². The van der Waals surface area contributed by atoms with Crippen molar-refractivity contribution < 1.29 is 0 Å². The summed E-state index contributed by atoms with van der Waals surface area (Å²) < 4.78 is 0. The van der Waals surface area contributed by atoms with Crippen molar-refractivity contribution in [3.63, 3.8) is 0 Å². The molecule has 2 aromatic heterocycles. The first-order valence-electron chi connectivity index (χ1n) is 4.35. The molecule has 0 aliphatic rings. The Kier molecular flexibility index (Phi) is 2.72. The molecule has 0 saturated carbocycles. The predicted molar refractivity (Wildman–Crippen MR) is 56.0 cm³/mol. The van der Waals surface area contributed by atoms with Crippen LogP contribution in [0.25, 0.3) is 0 Å². The maximum absolute atomic E-state index is 4.09. The highest BCUT2D eigenvalue weighted by Gasteiger charge is 1.94. The summed E-state index contributed by atoms with van der Waals surface area (Å²) in [7, 11) is 0. The van der Waals surface area contributed by atoms with Gasteiger partial charge in [-0.1, -0.05) is 6.07 Å². The zero-order chi connectivity index (χ0) is 8.93. The van der Waals surface area contributed by atoms with Gasteiger partial charge >= 0.3 is 0 Å². The van der Waals surface area contributed by atoms with Crippen molar-refractivity contribution in [2.75, 3.05) is 0 Å². The van der Waals surface area contributed by atoms with Gasteiger partial charge in [-0.05, 0) is 46.9 Å². The van der Waals surface area contributed by atoms with Gasteiger partial charge in [0.15, 0.2) is 0 Å². The van der Waals surface area contributed by atoms with Crippen molar-refractivity contribution >= 4 is 11.3 Å². The fourth-order valence-electron chi connectivity index (χ4n) is 1.27. The average Bonchev–Trinajstić information content (AvgIpc) is 2.69. The second-order valence-electron chi connectivity index (χ2n) is 2.99. The molecule has 0 radical (unpaired) electrons. The third-order valence-electron chi connectivity index (χ3n) is 2.01. The van der Waals surface area contributed by atoms with Crippen LogP contribution in [0.3, 0.4) is 0 Å². The number of pyridine rings is 1. The molecule has 1 nitrogen and oxygen atoms in total. The molecule has 0 saturated heterocycles. The lowest BCUT2D eigenvalue weighted by Gasteiger charge is -1.97. The molecule has 66 valence electrons. The van der Waals surface area contributed by atoms with Crippen LogP contribution in [0.1, 0.15) is 11.1 Å². The van der Waals surface area contributed by atoms with E-state index in [2.05, 4.69) is 27.9 Å². The van der Waals surface area contributed by atoms with Crippen LogP contribution < -0.4 is 0 Å². The molecule has 13 heavy (non-hydrogen) atoms. The van der Waals surface area contributed by atoms with Crippen LogP contribution in [0.2, 0.25) is 0 Å². The minimum Gasteiger partial charge on any atom is -0.264 e. The Morgan fingerprint density at radius 2 is 2.08 bits per heavy atom. The minimum atomic E-state index is 1.09. The first kappa shape index (κ1) is 8.45. The summed E-state index contributed by atoms with van der Waals surface area (Å²) in [5.74, 6) is 0. The second-order valence-corrected chi connectivity index (χ2v) is 3.77. The van der Waals surface area contributed by atoms with Crippen molar-refractivity contribution in [2.45, 2.75) is 12.8 Å². The van der Waals surface area contributed by atoms with Crippen molar-refractivity contribution in [1.29, 1.82) is 0 Å². The van der Waals surface area contributed by atoms with E-state index in [9.17, 15) is 0 Å². The van der Waals surface area contributed by atoms with Crippen LogP contribution in [-0.2, 0) is 12.8 Å². The molecule has 2 aromatic rings. The van der Waals surface area contributed by atoms with E-state index in [1.165, 1.54) is 11.1 Å². The summed E-state index contributed by atoms with van der Waals surface area (Å²) in [5, 5.41) is 4.33. The topological polar surface area (TPSA) is 12.9 Å². The number of aromatic nitrogens is 1. The summed E-state index contributed by atoms with van der Waals surface area (Å²) in [4.78, 5) is 4.09. The van der Waals surface area contributed by atoms with E-state index in [0.717, 1.165) is 12.8 Å². The smallest absolute Gasteiger partial charge is 0.0299 e. The Labute approximate surface area is 82.1 Å². The molecule has 0 aliphatic heterocycles. The van der Waals surface area contributed by atoms with Gasteiger partial charge in [-0.2, -0.15) is 11.3 Å². The average molecular weight is 189 g/mol.